The lowest BCUT2D eigenvalue weighted by Crippen LogP contribution is -2.18. The fourth-order valence-electron chi connectivity index (χ4n) is 2.66. The van der Waals surface area contributed by atoms with Crippen LogP contribution in [0.5, 0.6) is 0 Å². The number of hydrogen-bond acceptors (Lipinski definition) is 3. The lowest BCUT2D eigenvalue weighted by molar-refractivity contribution is 0.627. The topological polar surface area (TPSA) is 44.9 Å². The third-order valence-corrected chi connectivity index (χ3v) is 3.50. The van der Waals surface area contributed by atoms with Crippen molar-refractivity contribution in [3.05, 3.63) is 40.8 Å². The highest BCUT2D eigenvalue weighted by atomic mass is 19.1. The molecule has 3 rings (SSSR count). The summed E-state index contributed by atoms with van der Waals surface area (Å²) >= 11 is 0. The van der Waals surface area contributed by atoms with Gasteiger partial charge in [0.2, 0.25) is 0 Å². The SMILES string of the molecule is Cc1nn(C)c(N2CCc3ccc(F)cc32)c1C#N. The molecule has 0 radical (unpaired) electrons. The zero-order valence-electron chi connectivity index (χ0n) is 10.8. The minimum Gasteiger partial charge on any atom is -0.325 e. The first-order valence-electron chi connectivity index (χ1n) is 6.11. The van der Waals surface area contributed by atoms with Gasteiger partial charge >= 0.3 is 0 Å². The van der Waals surface area contributed by atoms with E-state index in [0.717, 1.165) is 30.0 Å². The molecule has 1 aromatic heterocycles. The van der Waals surface area contributed by atoms with E-state index in [9.17, 15) is 9.65 Å². The molecule has 1 aliphatic rings. The first-order chi connectivity index (χ1) is 9.11. The number of rotatable bonds is 1. The monoisotopic (exact) mass is 256 g/mol. The summed E-state index contributed by atoms with van der Waals surface area (Å²) < 4.78 is 15.1. The van der Waals surface area contributed by atoms with E-state index in [0.29, 0.717) is 11.3 Å². The molecule has 0 N–H and O–H groups in total. The van der Waals surface area contributed by atoms with E-state index in [1.54, 1.807) is 17.8 Å². The standard InChI is InChI=1S/C14H13FN4/c1-9-12(8-16)14(18(2)17-9)19-6-5-10-3-4-11(15)7-13(10)19/h3-4,7H,5-6H2,1-2H3. The van der Waals surface area contributed by atoms with Crippen LogP contribution < -0.4 is 4.90 Å². The molecule has 0 unspecified atom stereocenters. The van der Waals surface area contributed by atoms with Crippen LogP contribution in [0.15, 0.2) is 18.2 Å². The Labute approximate surface area is 110 Å². The van der Waals surface area contributed by atoms with Gasteiger partial charge in [-0.25, -0.2) is 4.39 Å². The number of hydrogen-bond donors (Lipinski definition) is 0. The lowest BCUT2D eigenvalue weighted by Gasteiger charge is -2.19. The zero-order chi connectivity index (χ0) is 13.6. The Kier molecular flexibility index (Phi) is 2.53. The van der Waals surface area contributed by atoms with Gasteiger partial charge in [0, 0.05) is 19.3 Å². The summed E-state index contributed by atoms with van der Waals surface area (Å²) in [4.78, 5) is 1.97. The summed E-state index contributed by atoms with van der Waals surface area (Å²) in [7, 11) is 1.81. The largest absolute Gasteiger partial charge is 0.325 e. The van der Waals surface area contributed by atoms with Crippen LogP contribution in [-0.4, -0.2) is 16.3 Å². The van der Waals surface area contributed by atoms with Gasteiger partial charge in [0.1, 0.15) is 23.3 Å². The first-order valence-corrected chi connectivity index (χ1v) is 6.11. The van der Waals surface area contributed by atoms with Crippen LogP contribution in [0.2, 0.25) is 0 Å². The van der Waals surface area contributed by atoms with Crippen LogP contribution in [0.25, 0.3) is 0 Å². The van der Waals surface area contributed by atoms with Gasteiger partial charge in [-0.2, -0.15) is 10.4 Å². The smallest absolute Gasteiger partial charge is 0.149 e. The molecule has 0 saturated carbocycles. The summed E-state index contributed by atoms with van der Waals surface area (Å²) in [6, 6.07) is 6.99. The molecule has 19 heavy (non-hydrogen) atoms. The molecular formula is C14H13FN4. The molecule has 96 valence electrons. The van der Waals surface area contributed by atoms with Gasteiger partial charge in [-0.05, 0) is 31.0 Å². The third kappa shape index (κ3) is 1.68. The average Bonchev–Trinajstić information content (AvgIpc) is 2.89. The highest BCUT2D eigenvalue weighted by Gasteiger charge is 2.27. The average molecular weight is 256 g/mol. The van der Waals surface area contributed by atoms with E-state index in [1.165, 1.54) is 12.1 Å². The highest BCUT2D eigenvalue weighted by Crippen LogP contribution is 2.36. The molecule has 2 heterocycles. The second-order valence-corrected chi connectivity index (χ2v) is 4.69. The number of anilines is 2. The van der Waals surface area contributed by atoms with Crippen LogP contribution >= 0.6 is 0 Å². The second kappa shape index (κ2) is 4.09. The number of nitriles is 1. The molecule has 4 nitrogen and oxygen atoms in total. The van der Waals surface area contributed by atoms with Crippen molar-refractivity contribution < 1.29 is 4.39 Å². The highest BCUT2D eigenvalue weighted by molar-refractivity contribution is 5.72. The van der Waals surface area contributed by atoms with Crippen molar-refractivity contribution in [1.29, 1.82) is 5.26 Å². The maximum absolute atomic E-state index is 13.4. The molecule has 0 aliphatic carbocycles. The normalized spacial score (nSPS) is 13.5. The molecule has 0 saturated heterocycles. The van der Waals surface area contributed by atoms with Crippen molar-refractivity contribution in [2.45, 2.75) is 13.3 Å². The molecule has 5 heteroatoms. The predicted molar refractivity (Wildman–Crippen MR) is 69.8 cm³/mol. The predicted octanol–water partition coefficient (Wildman–Crippen LogP) is 2.43. The first kappa shape index (κ1) is 11.7. The lowest BCUT2D eigenvalue weighted by atomic mass is 10.1. The maximum Gasteiger partial charge on any atom is 0.149 e. The van der Waals surface area contributed by atoms with Gasteiger partial charge in [-0.3, -0.25) is 4.68 Å². The molecule has 1 aromatic carbocycles. The maximum atomic E-state index is 13.4. The van der Waals surface area contributed by atoms with Crippen LogP contribution in [0.3, 0.4) is 0 Å². The van der Waals surface area contributed by atoms with Gasteiger partial charge in [0.05, 0.1) is 5.69 Å². The van der Waals surface area contributed by atoms with Crippen LogP contribution in [0.1, 0.15) is 16.8 Å². The van der Waals surface area contributed by atoms with E-state index >= 15 is 0 Å². The van der Waals surface area contributed by atoms with Crippen LogP contribution in [-0.2, 0) is 13.5 Å². The zero-order valence-corrected chi connectivity index (χ0v) is 10.8. The number of aryl methyl sites for hydroxylation is 2. The molecule has 1 aliphatic heterocycles. The minimum absolute atomic E-state index is 0.261. The Hall–Kier alpha value is -2.35. The molecule has 0 spiro atoms. The summed E-state index contributed by atoms with van der Waals surface area (Å²) in [6.07, 6.45) is 0.852. The van der Waals surface area contributed by atoms with Gasteiger partial charge < -0.3 is 4.90 Å². The van der Waals surface area contributed by atoms with E-state index < -0.39 is 0 Å². The van der Waals surface area contributed by atoms with Gasteiger partial charge in [-0.15, -0.1) is 0 Å². The third-order valence-electron chi connectivity index (χ3n) is 3.50. The minimum atomic E-state index is -0.261. The summed E-state index contributed by atoms with van der Waals surface area (Å²) in [5, 5.41) is 13.6. The van der Waals surface area contributed by atoms with Crippen LogP contribution in [0.4, 0.5) is 15.9 Å². The Morgan fingerprint density at radius 1 is 1.42 bits per heavy atom. The number of nitrogens with zero attached hydrogens (tertiary/aromatic N) is 4. The fraction of sp³-hybridized carbons (Fsp3) is 0.286. The summed E-state index contributed by atoms with van der Waals surface area (Å²) in [5.74, 6) is 0.479. The molecular weight excluding hydrogens is 243 g/mol. The number of halogens is 1. The Balaban J connectivity index is 2.17. The van der Waals surface area contributed by atoms with Gasteiger partial charge in [-0.1, -0.05) is 6.07 Å². The van der Waals surface area contributed by atoms with E-state index in [2.05, 4.69) is 11.2 Å². The second-order valence-electron chi connectivity index (χ2n) is 4.69. The van der Waals surface area contributed by atoms with Crippen molar-refractivity contribution in [1.82, 2.24) is 9.78 Å². The van der Waals surface area contributed by atoms with Crippen molar-refractivity contribution in [2.24, 2.45) is 7.05 Å². The molecule has 0 bridgehead atoms. The number of aromatic nitrogens is 2. The Bertz CT molecular complexity index is 696. The summed E-state index contributed by atoms with van der Waals surface area (Å²) in [5.41, 5.74) is 3.19. The Morgan fingerprint density at radius 2 is 2.21 bits per heavy atom. The molecule has 0 fully saturated rings. The van der Waals surface area contributed by atoms with Gasteiger partial charge in [0.25, 0.3) is 0 Å². The van der Waals surface area contributed by atoms with E-state index in [-0.39, 0.29) is 5.82 Å². The van der Waals surface area contributed by atoms with Crippen molar-refractivity contribution in [3.8, 4) is 6.07 Å². The van der Waals surface area contributed by atoms with E-state index in [1.807, 2.05) is 11.8 Å². The fourth-order valence-corrected chi connectivity index (χ4v) is 2.66. The van der Waals surface area contributed by atoms with E-state index in [4.69, 9.17) is 0 Å². The summed E-state index contributed by atoms with van der Waals surface area (Å²) in [6.45, 7) is 2.55. The molecule has 2 aromatic rings. The number of benzene rings is 1. The molecule has 0 amide bonds. The van der Waals surface area contributed by atoms with Crippen molar-refractivity contribution in [3.63, 3.8) is 0 Å². The molecule has 0 atom stereocenters. The van der Waals surface area contributed by atoms with Gasteiger partial charge in [0.15, 0.2) is 0 Å². The Morgan fingerprint density at radius 3 is 2.95 bits per heavy atom. The quantitative estimate of drug-likeness (QED) is 0.787. The van der Waals surface area contributed by atoms with Crippen LogP contribution in [0, 0.1) is 24.1 Å². The van der Waals surface area contributed by atoms with Crippen molar-refractivity contribution >= 4 is 11.5 Å². The van der Waals surface area contributed by atoms with Crippen molar-refractivity contribution in [2.75, 3.05) is 11.4 Å². The number of fused-ring (bicyclic) bond motifs is 1.